The van der Waals surface area contributed by atoms with E-state index in [0.717, 1.165) is 5.56 Å². The largest absolute Gasteiger partial charge is 0.324 e. The highest BCUT2D eigenvalue weighted by Gasteiger charge is 2.12. The summed E-state index contributed by atoms with van der Waals surface area (Å²) in [5.74, 6) is 0. The molecule has 0 unspecified atom stereocenters. The summed E-state index contributed by atoms with van der Waals surface area (Å²) in [6.45, 7) is 3.60. The maximum atomic E-state index is 5.90. The lowest BCUT2D eigenvalue weighted by molar-refractivity contribution is 0.740. The Hall–Kier alpha value is -0.570. The first kappa shape index (κ1) is 10.5. The zero-order chi connectivity index (χ0) is 9.84. The average molecular weight is 217 g/mol. The first-order valence-electron chi connectivity index (χ1n) is 3.82. The van der Waals surface area contributed by atoms with Gasteiger partial charge in [-0.3, -0.25) is 4.98 Å². The summed E-state index contributed by atoms with van der Waals surface area (Å²) in [4.78, 5) is 3.84. The molecule has 0 amide bonds. The van der Waals surface area contributed by atoms with Gasteiger partial charge in [0, 0.05) is 24.0 Å². The van der Waals surface area contributed by atoms with Crippen LogP contribution in [0.15, 0.2) is 25.0 Å². The number of halogens is 2. The molecule has 0 aromatic carbocycles. The highest BCUT2D eigenvalue weighted by molar-refractivity contribution is 6.35. The summed E-state index contributed by atoms with van der Waals surface area (Å²) in [5, 5.41) is 1.00. The Morgan fingerprint density at radius 1 is 1.46 bits per heavy atom. The van der Waals surface area contributed by atoms with Gasteiger partial charge >= 0.3 is 0 Å². The minimum Gasteiger partial charge on any atom is -0.324 e. The number of nitrogens with two attached hydrogens (primary N) is 1. The maximum Gasteiger partial charge on any atom is 0.0652 e. The van der Waals surface area contributed by atoms with Gasteiger partial charge in [-0.15, -0.1) is 6.58 Å². The standard InChI is InChI=1S/C9H10Cl2N2/c1-2-3-8(12)9-6(10)4-13-5-7(9)11/h2,4-5,8H,1,3,12H2/t8-/m1/s1. The van der Waals surface area contributed by atoms with E-state index >= 15 is 0 Å². The van der Waals surface area contributed by atoms with Crippen LogP contribution >= 0.6 is 23.2 Å². The highest BCUT2D eigenvalue weighted by Crippen LogP contribution is 2.29. The van der Waals surface area contributed by atoms with Crippen molar-refractivity contribution in [1.29, 1.82) is 0 Å². The van der Waals surface area contributed by atoms with E-state index < -0.39 is 0 Å². The molecule has 70 valence electrons. The van der Waals surface area contributed by atoms with Gasteiger partial charge in [-0.2, -0.15) is 0 Å². The van der Waals surface area contributed by atoms with Gasteiger partial charge in [0.25, 0.3) is 0 Å². The van der Waals surface area contributed by atoms with Crippen molar-refractivity contribution in [2.45, 2.75) is 12.5 Å². The number of rotatable bonds is 3. The molecule has 1 rings (SSSR count). The molecule has 0 bridgehead atoms. The summed E-state index contributed by atoms with van der Waals surface area (Å²) in [6, 6.07) is -0.208. The van der Waals surface area contributed by atoms with Gasteiger partial charge in [-0.1, -0.05) is 29.3 Å². The van der Waals surface area contributed by atoms with Crippen LogP contribution in [0.5, 0.6) is 0 Å². The minimum atomic E-state index is -0.208. The summed E-state index contributed by atoms with van der Waals surface area (Å²) in [5.41, 5.74) is 6.57. The molecule has 0 spiro atoms. The number of aromatic nitrogens is 1. The van der Waals surface area contributed by atoms with Gasteiger partial charge in [0.15, 0.2) is 0 Å². The van der Waals surface area contributed by atoms with Gasteiger partial charge in [-0.25, -0.2) is 0 Å². The fourth-order valence-electron chi connectivity index (χ4n) is 1.07. The zero-order valence-electron chi connectivity index (χ0n) is 7.00. The van der Waals surface area contributed by atoms with Crippen LogP contribution in [0, 0.1) is 0 Å². The molecule has 0 radical (unpaired) electrons. The van der Waals surface area contributed by atoms with Crippen molar-refractivity contribution in [2.24, 2.45) is 5.73 Å². The molecule has 0 saturated heterocycles. The number of nitrogens with zero attached hydrogens (tertiary/aromatic N) is 1. The Kier molecular flexibility index (Phi) is 3.72. The Labute approximate surface area is 87.4 Å². The van der Waals surface area contributed by atoms with Crippen LogP contribution in [-0.4, -0.2) is 4.98 Å². The predicted molar refractivity (Wildman–Crippen MR) is 56.0 cm³/mol. The summed E-state index contributed by atoms with van der Waals surface area (Å²) < 4.78 is 0. The van der Waals surface area contributed by atoms with Crippen LogP contribution in [0.1, 0.15) is 18.0 Å². The highest BCUT2D eigenvalue weighted by atomic mass is 35.5. The van der Waals surface area contributed by atoms with E-state index in [1.54, 1.807) is 6.08 Å². The molecule has 4 heteroatoms. The number of hydrogen-bond donors (Lipinski definition) is 1. The Morgan fingerprint density at radius 2 is 2.00 bits per heavy atom. The molecule has 0 aliphatic rings. The predicted octanol–water partition coefficient (Wildman–Crippen LogP) is 2.96. The molecule has 0 fully saturated rings. The molecule has 1 aromatic rings. The third-order valence-electron chi connectivity index (χ3n) is 1.68. The van der Waals surface area contributed by atoms with Gasteiger partial charge in [-0.05, 0) is 6.42 Å². The third kappa shape index (κ3) is 2.44. The van der Waals surface area contributed by atoms with Crippen molar-refractivity contribution in [1.82, 2.24) is 4.98 Å². The van der Waals surface area contributed by atoms with E-state index in [1.165, 1.54) is 12.4 Å². The van der Waals surface area contributed by atoms with Crippen molar-refractivity contribution in [3.8, 4) is 0 Å². The lowest BCUT2D eigenvalue weighted by atomic mass is 10.1. The van der Waals surface area contributed by atoms with E-state index in [9.17, 15) is 0 Å². The summed E-state index contributed by atoms with van der Waals surface area (Å²) in [7, 11) is 0. The molecular formula is C9H10Cl2N2. The lowest BCUT2D eigenvalue weighted by Crippen LogP contribution is -2.10. The third-order valence-corrected chi connectivity index (χ3v) is 2.28. The Morgan fingerprint density at radius 3 is 2.46 bits per heavy atom. The van der Waals surface area contributed by atoms with Crippen LogP contribution in [0.2, 0.25) is 10.0 Å². The van der Waals surface area contributed by atoms with Gasteiger partial charge < -0.3 is 5.73 Å². The SMILES string of the molecule is C=CC[C@@H](N)c1c(Cl)cncc1Cl. The van der Waals surface area contributed by atoms with Gasteiger partial charge in [0.1, 0.15) is 0 Å². The second-order valence-electron chi connectivity index (χ2n) is 2.65. The van der Waals surface area contributed by atoms with Crippen molar-refractivity contribution in [3.05, 3.63) is 40.7 Å². The van der Waals surface area contributed by atoms with Crippen LogP contribution < -0.4 is 5.73 Å². The van der Waals surface area contributed by atoms with Crippen molar-refractivity contribution >= 4 is 23.2 Å². The topological polar surface area (TPSA) is 38.9 Å². The molecule has 1 aromatic heterocycles. The minimum absolute atomic E-state index is 0.208. The van der Waals surface area contributed by atoms with Crippen LogP contribution in [0.3, 0.4) is 0 Å². The molecule has 1 atom stereocenters. The lowest BCUT2D eigenvalue weighted by Gasteiger charge is -2.12. The van der Waals surface area contributed by atoms with E-state index in [0.29, 0.717) is 16.5 Å². The van der Waals surface area contributed by atoms with Gasteiger partial charge in [0.2, 0.25) is 0 Å². The molecule has 0 saturated carbocycles. The fourth-order valence-corrected chi connectivity index (χ4v) is 1.72. The second-order valence-corrected chi connectivity index (χ2v) is 3.46. The Bertz CT molecular complexity index is 292. The normalized spacial score (nSPS) is 12.5. The van der Waals surface area contributed by atoms with Crippen molar-refractivity contribution in [2.75, 3.05) is 0 Å². The fraction of sp³-hybridized carbons (Fsp3) is 0.222. The Balaban J connectivity index is 3.04. The molecule has 2 nitrogen and oxygen atoms in total. The van der Waals surface area contributed by atoms with E-state index in [2.05, 4.69) is 11.6 Å². The molecule has 0 aliphatic heterocycles. The van der Waals surface area contributed by atoms with E-state index in [1.807, 2.05) is 0 Å². The quantitative estimate of drug-likeness (QED) is 0.790. The molecule has 2 N–H and O–H groups in total. The van der Waals surface area contributed by atoms with Crippen molar-refractivity contribution < 1.29 is 0 Å². The first-order chi connectivity index (χ1) is 6.16. The van der Waals surface area contributed by atoms with Crippen molar-refractivity contribution in [3.63, 3.8) is 0 Å². The number of hydrogen-bond acceptors (Lipinski definition) is 2. The molecular weight excluding hydrogens is 207 g/mol. The van der Waals surface area contributed by atoms with Crippen LogP contribution in [-0.2, 0) is 0 Å². The van der Waals surface area contributed by atoms with E-state index in [-0.39, 0.29) is 6.04 Å². The zero-order valence-corrected chi connectivity index (χ0v) is 8.52. The monoisotopic (exact) mass is 216 g/mol. The van der Waals surface area contributed by atoms with Crippen LogP contribution in [0.4, 0.5) is 0 Å². The van der Waals surface area contributed by atoms with Gasteiger partial charge in [0.05, 0.1) is 10.0 Å². The molecule has 13 heavy (non-hydrogen) atoms. The average Bonchev–Trinajstić information content (AvgIpc) is 2.04. The summed E-state index contributed by atoms with van der Waals surface area (Å²) in [6.07, 6.45) is 5.44. The van der Waals surface area contributed by atoms with E-state index in [4.69, 9.17) is 28.9 Å². The maximum absolute atomic E-state index is 5.90. The summed E-state index contributed by atoms with van der Waals surface area (Å²) >= 11 is 11.8. The molecule has 0 aliphatic carbocycles. The number of pyridine rings is 1. The smallest absolute Gasteiger partial charge is 0.0652 e. The molecule has 1 heterocycles. The second kappa shape index (κ2) is 4.61. The first-order valence-corrected chi connectivity index (χ1v) is 4.57. The van der Waals surface area contributed by atoms with Crippen LogP contribution in [0.25, 0.3) is 0 Å².